The zero-order valence-corrected chi connectivity index (χ0v) is 22.4. The molecule has 2 amide bonds. The van der Waals surface area contributed by atoms with E-state index in [-0.39, 0.29) is 36.7 Å². The number of fused-ring (bicyclic) bond motifs is 1. The van der Waals surface area contributed by atoms with Crippen LogP contribution in [0.4, 0.5) is 0 Å². The molecule has 3 aromatic rings. The third-order valence-corrected chi connectivity index (χ3v) is 8.41. The van der Waals surface area contributed by atoms with Crippen molar-refractivity contribution < 1.29 is 14.7 Å². The van der Waals surface area contributed by atoms with Crippen LogP contribution in [0.15, 0.2) is 54.0 Å². The number of nitrogens with one attached hydrogen (secondary N) is 1. The van der Waals surface area contributed by atoms with E-state index in [4.69, 9.17) is 0 Å². The van der Waals surface area contributed by atoms with Gasteiger partial charge in [-0.25, -0.2) is 4.98 Å². The number of aliphatic hydroxyl groups is 1. The average molecular weight is 519 g/mol. The SMILES string of the molecule is Cc1ncsc1-c1ccc(CNC(=O)[C@@H]2C[C@@H](O)CN2C(=O)[C@H](C(C)C)N2Cc3ccccc3C2)cc1. The van der Waals surface area contributed by atoms with Gasteiger partial charge in [0.1, 0.15) is 6.04 Å². The predicted molar refractivity (Wildman–Crippen MR) is 145 cm³/mol. The molecule has 8 heteroatoms. The molecular formula is C29H34N4O3S. The summed E-state index contributed by atoms with van der Waals surface area (Å²) in [5, 5.41) is 13.4. The molecule has 0 radical (unpaired) electrons. The molecule has 1 aromatic heterocycles. The van der Waals surface area contributed by atoms with Gasteiger partial charge in [0.2, 0.25) is 11.8 Å². The lowest BCUT2D eigenvalue weighted by Gasteiger charge is -2.35. The van der Waals surface area contributed by atoms with Crippen LogP contribution in [0.5, 0.6) is 0 Å². The minimum absolute atomic E-state index is 0.0731. The number of aliphatic hydroxyl groups excluding tert-OH is 1. The van der Waals surface area contributed by atoms with Crippen LogP contribution in [0.1, 0.15) is 42.7 Å². The smallest absolute Gasteiger partial charge is 0.243 e. The number of nitrogens with zero attached hydrogens (tertiary/aromatic N) is 3. The Balaban J connectivity index is 1.25. The molecule has 0 aliphatic carbocycles. The standard InChI is InChI=1S/C29H34N4O3S/c1-18(2)26(32-14-22-6-4-5-7-23(22)15-32)29(36)33-16-24(34)12-25(33)28(35)30-13-20-8-10-21(11-9-20)27-19(3)31-17-37-27/h4-11,17-18,24-26,34H,12-16H2,1-3H3,(H,30,35)/t24-,25+,26+/m1/s1. The van der Waals surface area contributed by atoms with Crippen molar-refractivity contribution in [3.63, 3.8) is 0 Å². The number of amides is 2. The minimum atomic E-state index is -0.704. The highest BCUT2D eigenvalue weighted by Gasteiger charge is 2.44. The van der Waals surface area contributed by atoms with E-state index < -0.39 is 12.1 Å². The second-order valence-corrected chi connectivity index (χ2v) is 11.3. The van der Waals surface area contributed by atoms with Gasteiger partial charge in [-0.2, -0.15) is 0 Å². The largest absolute Gasteiger partial charge is 0.391 e. The number of carbonyl (C=O) groups is 2. The number of β-amino-alcohol motifs (C(OH)–C–C–N with tert-alkyl or cyclic N) is 1. The molecule has 1 saturated heterocycles. The fourth-order valence-electron chi connectivity index (χ4n) is 5.55. The zero-order chi connectivity index (χ0) is 26.1. The normalized spacial score (nSPS) is 20.3. The highest BCUT2D eigenvalue weighted by molar-refractivity contribution is 7.13. The first kappa shape index (κ1) is 25.6. The third-order valence-electron chi connectivity index (χ3n) is 7.44. The number of benzene rings is 2. The van der Waals surface area contributed by atoms with Gasteiger partial charge in [0.15, 0.2) is 0 Å². The summed E-state index contributed by atoms with van der Waals surface area (Å²) < 4.78 is 0. The zero-order valence-electron chi connectivity index (χ0n) is 21.6. The molecule has 2 aliphatic rings. The maximum atomic E-state index is 13.8. The van der Waals surface area contributed by atoms with Crippen molar-refractivity contribution in [2.75, 3.05) is 6.54 Å². The summed E-state index contributed by atoms with van der Waals surface area (Å²) in [7, 11) is 0. The van der Waals surface area contributed by atoms with Crippen LogP contribution in [0.2, 0.25) is 0 Å². The van der Waals surface area contributed by atoms with Gasteiger partial charge in [0.25, 0.3) is 0 Å². The van der Waals surface area contributed by atoms with Crippen molar-refractivity contribution in [1.82, 2.24) is 20.1 Å². The Hall–Kier alpha value is -3.07. The maximum absolute atomic E-state index is 13.8. The number of carbonyl (C=O) groups excluding carboxylic acids is 2. The van der Waals surface area contributed by atoms with Gasteiger partial charge in [-0.15, -0.1) is 11.3 Å². The summed E-state index contributed by atoms with van der Waals surface area (Å²) in [6.45, 7) is 8.07. The second-order valence-electron chi connectivity index (χ2n) is 10.4. The Morgan fingerprint density at radius 3 is 2.38 bits per heavy atom. The van der Waals surface area contributed by atoms with Crippen LogP contribution in [0, 0.1) is 12.8 Å². The second kappa shape index (κ2) is 10.7. The lowest BCUT2D eigenvalue weighted by molar-refractivity contribution is -0.144. The van der Waals surface area contributed by atoms with Gasteiger partial charge in [0.05, 0.1) is 28.2 Å². The van der Waals surface area contributed by atoms with E-state index >= 15 is 0 Å². The Morgan fingerprint density at radius 2 is 1.78 bits per heavy atom. The van der Waals surface area contributed by atoms with Crippen molar-refractivity contribution in [3.8, 4) is 10.4 Å². The highest BCUT2D eigenvalue weighted by atomic mass is 32.1. The number of rotatable bonds is 7. The van der Waals surface area contributed by atoms with E-state index in [1.54, 1.807) is 16.2 Å². The number of aryl methyl sites for hydroxylation is 1. The summed E-state index contributed by atoms with van der Waals surface area (Å²) in [5.41, 5.74) is 7.42. The molecule has 3 heterocycles. The molecule has 2 aromatic carbocycles. The fourth-order valence-corrected chi connectivity index (χ4v) is 6.37. The van der Waals surface area contributed by atoms with E-state index in [1.807, 2.05) is 62.7 Å². The van der Waals surface area contributed by atoms with Crippen LogP contribution >= 0.6 is 11.3 Å². The van der Waals surface area contributed by atoms with Crippen LogP contribution < -0.4 is 5.32 Å². The summed E-state index contributed by atoms with van der Waals surface area (Å²) in [4.78, 5) is 36.3. The quantitative estimate of drug-likeness (QED) is 0.498. The summed E-state index contributed by atoms with van der Waals surface area (Å²) in [5.74, 6) is -0.229. The van der Waals surface area contributed by atoms with Gasteiger partial charge in [0, 0.05) is 32.6 Å². The number of hydrogen-bond donors (Lipinski definition) is 2. The van der Waals surface area contributed by atoms with E-state index in [2.05, 4.69) is 27.3 Å². The van der Waals surface area contributed by atoms with Crippen molar-refractivity contribution in [2.45, 2.75) is 65.0 Å². The number of thiazole rings is 1. The van der Waals surface area contributed by atoms with Gasteiger partial charge < -0.3 is 15.3 Å². The van der Waals surface area contributed by atoms with E-state index in [0.29, 0.717) is 6.54 Å². The summed E-state index contributed by atoms with van der Waals surface area (Å²) in [6, 6.07) is 15.3. The van der Waals surface area contributed by atoms with Crippen LogP contribution in [-0.4, -0.2) is 56.4 Å². The lowest BCUT2D eigenvalue weighted by atomic mass is 10.0. The van der Waals surface area contributed by atoms with E-state index in [1.165, 1.54) is 11.1 Å². The van der Waals surface area contributed by atoms with E-state index in [9.17, 15) is 14.7 Å². The highest BCUT2D eigenvalue weighted by Crippen LogP contribution is 2.30. The molecule has 0 bridgehead atoms. The van der Waals surface area contributed by atoms with Gasteiger partial charge >= 0.3 is 0 Å². The van der Waals surface area contributed by atoms with Gasteiger partial charge in [-0.05, 0) is 35.1 Å². The van der Waals surface area contributed by atoms with Crippen molar-refractivity contribution in [1.29, 1.82) is 0 Å². The van der Waals surface area contributed by atoms with Crippen molar-refractivity contribution >= 4 is 23.2 Å². The summed E-state index contributed by atoms with van der Waals surface area (Å²) in [6.07, 6.45) is -0.447. The van der Waals surface area contributed by atoms with Gasteiger partial charge in [-0.3, -0.25) is 14.5 Å². The molecule has 5 rings (SSSR count). The van der Waals surface area contributed by atoms with Gasteiger partial charge in [-0.1, -0.05) is 62.4 Å². The van der Waals surface area contributed by atoms with Crippen molar-refractivity contribution in [3.05, 3.63) is 76.4 Å². The average Bonchev–Trinajstić information content (AvgIpc) is 3.60. The first-order valence-corrected chi connectivity index (χ1v) is 13.8. The van der Waals surface area contributed by atoms with Crippen LogP contribution in [-0.2, 0) is 29.2 Å². The first-order valence-electron chi connectivity index (χ1n) is 12.9. The number of hydrogen-bond acceptors (Lipinski definition) is 6. The monoisotopic (exact) mass is 518 g/mol. The molecule has 1 fully saturated rings. The molecular weight excluding hydrogens is 484 g/mol. The molecule has 7 nitrogen and oxygen atoms in total. The molecule has 2 aliphatic heterocycles. The maximum Gasteiger partial charge on any atom is 0.243 e. The number of likely N-dealkylation sites (tertiary alicyclic amines) is 1. The summed E-state index contributed by atoms with van der Waals surface area (Å²) >= 11 is 1.61. The molecule has 0 unspecified atom stereocenters. The molecule has 194 valence electrons. The van der Waals surface area contributed by atoms with E-state index in [0.717, 1.165) is 34.8 Å². The van der Waals surface area contributed by atoms with Crippen LogP contribution in [0.25, 0.3) is 10.4 Å². The van der Waals surface area contributed by atoms with Crippen LogP contribution in [0.3, 0.4) is 0 Å². The Bertz CT molecular complexity index is 1250. The Labute approximate surface area is 222 Å². The first-order chi connectivity index (χ1) is 17.8. The molecule has 37 heavy (non-hydrogen) atoms. The van der Waals surface area contributed by atoms with Crippen molar-refractivity contribution in [2.24, 2.45) is 5.92 Å². The lowest BCUT2D eigenvalue weighted by Crippen LogP contribution is -2.54. The topological polar surface area (TPSA) is 85.8 Å². The number of aromatic nitrogens is 1. The molecule has 2 N–H and O–H groups in total. The molecule has 3 atom stereocenters. The predicted octanol–water partition coefficient (Wildman–Crippen LogP) is 3.74. The minimum Gasteiger partial charge on any atom is -0.391 e. The Kier molecular flexibility index (Phi) is 7.42. The third kappa shape index (κ3) is 5.32. The Morgan fingerprint density at radius 1 is 1.11 bits per heavy atom. The molecule has 0 saturated carbocycles. The molecule has 0 spiro atoms. The fraction of sp³-hybridized carbons (Fsp3) is 0.414.